The van der Waals surface area contributed by atoms with Gasteiger partial charge in [0, 0.05) is 18.1 Å². The van der Waals surface area contributed by atoms with Gasteiger partial charge in [-0.25, -0.2) is 4.79 Å². The molecule has 1 fully saturated rings. The van der Waals surface area contributed by atoms with Crippen LogP contribution in [-0.2, 0) is 0 Å². The van der Waals surface area contributed by atoms with Crippen LogP contribution in [0.1, 0.15) is 30.5 Å². The van der Waals surface area contributed by atoms with Gasteiger partial charge in [-0.2, -0.15) is 4.98 Å². The molecule has 2 amide bonds. The fourth-order valence-electron chi connectivity index (χ4n) is 2.63. The maximum atomic E-state index is 12.5. The number of carbonyl (C=O) groups is 1. The summed E-state index contributed by atoms with van der Waals surface area (Å²) in [5.74, 6) is 1.25. The van der Waals surface area contributed by atoms with Crippen molar-refractivity contribution in [2.45, 2.75) is 25.7 Å². The predicted octanol–water partition coefficient (Wildman–Crippen LogP) is 4.10. The third-order valence-corrected chi connectivity index (χ3v) is 4.34. The SMILES string of the molecule is Cc1noc([C@@H]2CCCN(C(=O)Nc3cc(Cl)ccc3Cl)C2)n1. The molecule has 8 heteroatoms. The third kappa shape index (κ3) is 3.76. The number of rotatable bonds is 2. The van der Waals surface area contributed by atoms with E-state index in [2.05, 4.69) is 15.5 Å². The molecule has 1 atom stereocenters. The molecule has 0 saturated carbocycles. The summed E-state index contributed by atoms with van der Waals surface area (Å²) in [6.45, 7) is 2.99. The highest BCUT2D eigenvalue weighted by atomic mass is 35.5. The molecule has 6 nitrogen and oxygen atoms in total. The lowest BCUT2D eigenvalue weighted by Crippen LogP contribution is -2.41. The van der Waals surface area contributed by atoms with E-state index in [9.17, 15) is 4.79 Å². The van der Waals surface area contributed by atoms with Crippen molar-refractivity contribution in [2.75, 3.05) is 18.4 Å². The Balaban J connectivity index is 1.68. The number of nitrogens with zero attached hydrogens (tertiary/aromatic N) is 3. The number of likely N-dealkylation sites (tertiary alicyclic amines) is 1. The van der Waals surface area contributed by atoms with Crippen LogP contribution in [0.2, 0.25) is 10.0 Å². The van der Waals surface area contributed by atoms with E-state index in [0.29, 0.717) is 40.5 Å². The summed E-state index contributed by atoms with van der Waals surface area (Å²) in [5.41, 5.74) is 0.500. The maximum Gasteiger partial charge on any atom is 0.321 e. The molecule has 1 aromatic carbocycles. The summed E-state index contributed by atoms with van der Waals surface area (Å²) in [7, 11) is 0. The van der Waals surface area contributed by atoms with Crippen LogP contribution in [0.25, 0.3) is 0 Å². The van der Waals surface area contributed by atoms with E-state index in [-0.39, 0.29) is 11.9 Å². The van der Waals surface area contributed by atoms with Crippen LogP contribution in [0.3, 0.4) is 0 Å². The van der Waals surface area contributed by atoms with Gasteiger partial charge in [-0.05, 0) is 38.0 Å². The van der Waals surface area contributed by atoms with Crippen LogP contribution >= 0.6 is 23.2 Å². The summed E-state index contributed by atoms with van der Waals surface area (Å²) in [6, 6.07) is 4.74. The number of nitrogens with one attached hydrogen (secondary N) is 1. The van der Waals surface area contributed by atoms with Gasteiger partial charge >= 0.3 is 6.03 Å². The van der Waals surface area contributed by atoms with Crippen molar-refractivity contribution < 1.29 is 9.32 Å². The molecular formula is C15H16Cl2N4O2. The Morgan fingerprint density at radius 2 is 2.26 bits per heavy atom. The second-order valence-electron chi connectivity index (χ2n) is 5.52. The van der Waals surface area contributed by atoms with Gasteiger partial charge in [-0.1, -0.05) is 28.4 Å². The molecule has 23 heavy (non-hydrogen) atoms. The zero-order chi connectivity index (χ0) is 16.4. The average molecular weight is 355 g/mol. The Labute approximate surface area is 143 Å². The van der Waals surface area contributed by atoms with Gasteiger partial charge in [-0.3, -0.25) is 0 Å². The van der Waals surface area contributed by atoms with Gasteiger partial charge in [0.05, 0.1) is 16.6 Å². The van der Waals surface area contributed by atoms with E-state index < -0.39 is 0 Å². The van der Waals surface area contributed by atoms with Gasteiger partial charge in [0.2, 0.25) is 5.89 Å². The first kappa shape index (κ1) is 16.1. The van der Waals surface area contributed by atoms with Gasteiger partial charge in [0.25, 0.3) is 0 Å². The number of aryl methyl sites for hydroxylation is 1. The number of aromatic nitrogens is 2. The van der Waals surface area contributed by atoms with Crippen LogP contribution < -0.4 is 5.32 Å². The minimum Gasteiger partial charge on any atom is -0.339 e. The Bertz CT molecular complexity index is 719. The van der Waals surface area contributed by atoms with E-state index in [1.165, 1.54) is 0 Å². The summed E-state index contributed by atoms with van der Waals surface area (Å²) in [5, 5.41) is 7.58. The second-order valence-corrected chi connectivity index (χ2v) is 6.36. The lowest BCUT2D eigenvalue weighted by Gasteiger charge is -2.31. The standard InChI is InChI=1S/C15H16Cl2N4O2/c1-9-18-14(23-20-9)10-3-2-6-21(8-10)15(22)19-13-7-11(16)4-5-12(13)17/h4-5,7,10H,2-3,6,8H2,1H3,(H,19,22)/t10-/m1/s1. The van der Waals surface area contributed by atoms with Crippen molar-refractivity contribution in [3.05, 3.63) is 40.0 Å². The van der Waals surface area contributed by atoms with Crippen LogP contribution in [-0.4, -0.2) is 34.2 Å². The van der Waals surface area contributed by atoms with Crippen molar-refractivity contribution in [1.29, 1.82) is 0 Å². The number of amides is 2. The molecule has 0 aliphatic carbocycles. The molecule has 2 aromatic rings. The molecule has 3 rings (SSSR count). The van der Waals surface area contributed by atoms with Gasteiger partial charge in [0.15, 0.2) is 5.82 Å². The number of halogens is 2. The largest absolute Gasteiger partial charge is 0.339 e. The Morgan fingerprint density at radius 1 is 1.43 bits per heavy atom. The molecule has 1 saturated heterocycles. The number of hydrogen-bond donors (Lipinski definition) is 1. The van der Waals surface area contributed by atoms with Crippen LogP contribution in [0.15, 0.2) is 22.7 Å². The van der Waals surface area contributed by atoms with E-state index in [1.54, 1.807) is 30.0 Å². The Hall–Kier alpha value is -1.79. The zero-order valence-corrected chi connectivity index (χ0v) is 14.1. The fourth-order valence-corrected chi connectivity index (χ4v) is 2.97. The molecule has 0 bridgehead atoms. The summed E-state index contributed by atoms with van der Waals surface area (Å²) in [4.78, 5) is 18.4. The first-order chi connectivity index (χ1) is 11.0. The Kier molecular flexibility index (Phi) is 4.73. The first-order valence-corrected chi connectivity index (χ1v) is 8.09. The minimum absolute atomic E-state index is 0.0607. The van der Waals surface area contributed by atoms with Gasteiger partial charge in [0.1, 0.15) is 0 Å². The number of benzene rings is 1. The molecule has 122 valence electrons. The van der Waals surface area contributed by atoms with E-state index >= 15 is 0 Å². The van der Waals surface area contributed by atoms with Crippen molar-refractivity contribution >= 4 is 34.9 Å². The molecule has 1 aromatic heterocycles. The number of carbonyl (C=O) groups excluding carboxylic acids is 1. The molecule has 2 heterocycles. The van der Waals surface area contributed by atoms with Crippen molar-refractivity contribution in [1.82, 2.24) is 15.0 Å². The van der Waals surface area contributed by atoms with Crippen LogP contribution in [0.4, 0.5) is 10.5 Å². The topological polar surface area (TPSA) is 71.3 Å². The van der Waals surface area contributed by atoms with Crippen molar-refractivity contribution in [3.63, 3.8) is 0 Å². The molecule has 0 radical (unpaired) electrons. The van der Waals surface area contributed by atoms with Crippen LogP contribution in [0.5, 0.6) is 0 Å². The quantitative estimate of drug-likeness (QED) is 0.881. The van der Waals surface area contributed by atoms with Gasteiger partial charge < -0.3 is 14.7 Å². The van der Waals surface area contributed by atoms with Crippen molar-refractivity contribution in [3.8, 4) is 0 Å². The minimum atomic E-state index is -0.213. The smallest absolute Gasteiger partial charge is 0.321 e. The maximum absolute atomic E-state index is 12.5. The summed E-state index contributed by atoms with van der Waals surface area (Å²) in [6.07, 6.45) is 1.80. The summed E-state index contributed by atoms with van der Waals surface area (Å²) >= 11 is 12.0. The highest BCUT2D eigenvalue weighted by Crippen LogP contribution is 2.28. The molecule has 0 spiro atoms. The summed E-state index contributed by atoms with van der Waals surface area (Å²) < 4.78 is 5.23. The lowest BCUT2D eigenvalue weighted by atomic mass is 9.98. The zero-order valence-electron chi connectivity index (χ0n) is 12.6. The number of anilines is 1. The molecule has 1 N–H and O–H groups in total. The fraction of sp³-hybridized carbons (Fsp3) is 0.400. The van der Waals surface area contributed by atoms with Crippen LogP contribution in [0, 0.1) is 6.92 Å². The normalized spacial score (nSPS) is 18.0. The van der Waals surface area contributed by atoms with E-state index in [1.807, 2.05) is 0 Å². The first-order valence-electron chi connectivity index (χ1n) is 7.34. The monoisotopic (exact) mass is 354 g/mol. The molecular weight excluding hydrogens is 339 g/mol. The highest BCUT2D eigenvalue weighted by Gasteiger charge is 2.28. The molecule has 0 unspecified atom stereocenters. The molecule has 1 aliphatic heterocycles. The average Bonchev–Trinajstić information content (AvgIpc) is 2.97. The highest BCUT2D eigenvalue weighted by molar-refractivity contribution is 6.35. The van der Waals surface area contributed by atoms with Crippen molar-refractivity contribution in [2.24, 2.45) is 0 Å². The van der Waals surface area contributed by atoms with E-state index in [0.717, 1.165) is 12.8 Å². The number of urea groups is 1. The van der Waals surface area contributed by atoms with Gasteiger partial charge in [-0.15, -0.1) is 0 Å². The molecule has 1 aliphatic rings. The lowest BCUT2D eigenvalue weighted by molar-refractivity contribution is 0.184. The second kappa shape index (κ2) is 6.76. The Morgan fingerprint density at radius 3 is 3.00 bits per heavy atom. The number of hydrogen-bond acceptors (Lipinski definition) is 4. The van der Waals surface area contributed by atoms with E-state index in [4.69, 9.17) is 27.7 Å². The predicted molar refractivity (Wildman–Crippen MR) is 88.1 cm³/mol. The third-order valence-electron chi connectivity index (χ3n) is 3.77. The number of piperidine rings is 1.